The minimum Gasteiger partial charge on any atom is -0.491 e. The minimum atomic E-state index is 0.774. The highest BCUT2D eigenvalue weighted by Crippen LogP contribution is 2.36. The lowest BCUT2D eigenvalue weighted by Crippen LogP contribution is -2.08. The third kappa shape index (κ3) is 1.29. The molecule has 0 bridgehead atoms. The molecule has 2 nitrogen and oxygen atoms in total. The first-order valence-electron chi connectivity index (χ1n) is 6.24. The monoisotopic (exact) mass is 235 g/mol. The molecule has 3 heterocycles. The van der Waals surface area contributed by atoms with Crippen molar-refractivity contribution < 1.29 is 4.74 Å². The van der Waals surface area contributed by atoms with Gasteiger partial charge in [0.15, 0.2) is 0 Å². The lowest BCUT2D eigenvalue weighted by Gasteiger charge is -2.15. The summed E-state index contributed by atoms with van der Waals surface area (Å²) < 4.78 is 7.90. The molecular formula is C16H13NO. The lowest BCUT2D eigenvalue weighted by atomic mass is 10.0. The average molecular weight is 235 g/mol. The van der Waals surface area contributed by atoms with E-state index < -0.39 is 0 Å². The molecule has 0 unspecified atom stereocenters. The quantitative estimate of drug-likeness (QED) is 0.629. The molecule has 0 saturated carbocycles. The van der Waals surface area contributed by atoms with Gasteiger partial charge < -0.3 is 9.14 Å². The Balaban J connectivity index is 2.06. The van der Waals surface area contributed by atoms with E-state index in [4.69, 9.17) is 4.74 Å². The topological polar surface area (TPSA) is 13.6 Å². The first kappa shape index (κ1) is 9.77. The Kier molecular flexibility index (Phi) is 1.97. The van der Waals surface area contributed by atoms with Crippen molar-refractivity contribution in [1.82, 2.24) is 4.40 Å². The van der Waals surface area contributed by atoms with Crippen LogP contribution in [-0.2, 0) is 6.42 Å². The van der Waals surface area contributed by atoms with E-state index in [0.717, 1.165) is 18.8 Å². The summed E-state index contributed by atoms with van der Waals surface area (Å²) in [5, 5.41) is 0. The van der Waals surface area contributed by atoms with E-state index in [1.54, 1.807) is 0 Å². The predicted molar refractivity (Wildman–Crippen MR) is 72.0 cm³/mol. The van der Waals surface area contributed by atoms with Gasteiger partial charge in [-0.3, -0.25) is 0 Å². The molecule has 0 spiro atoms. The molecule has 4 rings (SSSR count). The predicted octanol–water partition coefficient (Wildman–Crippen LogP) is 3.54. The highest BCUT2D eigenvalue weighted by molar-refractivity contribution is 5.81. The van der Waals surface area contributed by atoms with Crippen molar-refractivity contribution in [2.75, 3.05) is 6.61 Å². The van der Waals surface area contributed by atoms with Crippen molar-refractivity contribution in [3.63, 3.8) is 0 Å². The van der Waals surface area contributed by atoms with Gasteiger partial charge >= 0.3 is 0 Å². The number of benzene rings is 1. The first-order chi connectivity index (χ1) is 8.93. The smallest absolute Gasteiger partial charge is 0.143 e. The number of hydrogen-bond donors (Lipinski definition) is 0. The average Bonchev–Trinajstić information content (AvgIpc) is 2.82. The number of pyridine rings is 1. The molecule has 0 saturated heterocycles. The van der Waals surface area contributed by atoms with Gasteiger partial charge in [0, 0.05) is 24.4 Å². The second kappa shape index (κ2) is 3.64. The van der Waals surface area contributed by atoms with Gasteiger partial charge in [0.25, 0.3) is 0 Å². The van der Waals surface area contributed by atoms with E-state index in [1.165, 1.54) is 22.2 Å². The maximum Gasteiger partial charge on any atom is 0.143 e. The van der Waals surface area contributed by atoms with Gasteiger partial charge in [-0.25, -0.2) is 0 Å². The molecule has 2 heteroatoms. The van der Waals surface area contributed by atoms with E-state index in [-0.39, 0.29) is 0 Å². The van der Waals surface area contributed by atoms with Crippen LogP contribution in [0.4, 0.5) is 0 Å². The summed E-state index contributed by atoms with van der Waals surface area (Å²) in [5.74, 6) is 1.00. The summed E-state index contributed by atoms with van der Waals surface area (Å²) in [5.41, 5.74) is 5.24. The van der Waals surface area contributed by atoms with Crippen molar-refractivity contribution in [3.8, 4) is 16.9 Å². The van der Waals surface area contributed by atoms with Crippen LogP contribution in [0.5, 0.6) is 5.75 Å². The molecule has 0 fully saturated rings. The normalized spacial score (nSPS) is 13.6. The second-order valence-electron chi connectivity index (χ2n) is 4.61. The zero-order valence-corrected chi connectivity index (χ0v) is 9.97. The molecule has 0 atom stereocenters. The van der Waals surface area contributed by atoms with Gasteiger partial charge in [-0.15, -0.1) is 0 Å². The van der Waals surface area contributed by atoms with Crippen LogP contribution in [0.2, 0.25) is 0 Å². The Labute approximate surface area is 105 Å². The van der Waals surface area contributed by atoms with Crippen LogP contribution >= 0.6 is 0 Å². The molecule has 0 N–H and O–H groups in total. The minimum absolute atomic E-state index is 0.774. The zero-order chi connectivity index (χ0) is 11.9. The van der Waals surface area contributed by atoms with Crippen LogP contribution in [0.3, 0.4) is 0 Å². The SMILES string of the molecule is c1ccc(-c2cn3cccc4c3c2CCO4)cc1. The Morgan fingerprint density at radius 2 is 1.89 bits per heavy atom. The molecule has 18 heavy (non-hydrogen) atoms. The summed E-state index contributed by atoms with van der Waals surface area (Å²) in [7, 11) is 0. The Morgan fingerprint density at radius 3 is 2.78 bits per heavy atom. The van der Waals surface area contributed by atoms with Crippen LogP contribution in [0.15, 0.2) is 54.9 Å². The van der Waals surface area contributed by atoms with Gasteiger partial charge in [0.05, 0.1) is 12.1 Å². The number of nitrogens with zero attached hydrogens (tertiary/aromatic N) is 1. The van der Waals surface area contributed by atoms with E-state index in [2.05, 4.69) is 47.1 Å². The van der Waals surface area contributed by atoms with Crippen LogP contribution in [-0.4, -0.2) is 11.0 Å². The lowest BCUT2D eigenvalue weighted by molar-refractivity contribution is 0.317. The fourth-order valence-electron chi connectivity index (χ4n) is 2.76. The summed E-state index contributed by atoms with van der Waals surface area (Å²) >= 11 is 0. The van der Waals surface area contributed by atoms with Crippen molar-refractivity contribution >= 4 is 5.52 Å². The molecule has 1 aliphatic rings. The Morgan fingerprint density at radius 1 is 1.00 bits per heavy atom. The number of ether oxygens (including phenoxy) is 1. The Hall–Kier alpha value is -2.22. The van der Waals surface area contributed by atoms with E-state index in [9.17, 15) is 0 Å². The summed E-state index contributed by atoms with van der Waals surface area (Å²) in [6.07, 6.45) is 5.28. The molecule has 3 aromatic rings. The van der Waals surface area contributed by atoms with Crippen molar-refractivity contribution in [1.29, 1.82) is 0 Å². The molecule has 1 aromatic carbocycles. The van der Waals surface area contributed by atoms with E-state index >= 15 is 0 Å². The van der Waals surface area contributed by atoms with Crippen LogP contribution in [0.1, 0.15) is 5.56 Å². The molecule has 1 aliphatic heterocycles. The van der Waals surface area contributed by atoms with Gasteiger partial charge in [-0.1, -0.05) is 30.3 Å². The first-order valence-corrected chi connectivity index (χ1v) is 6.24. The van der Waals surface area contributed by atoms with Crippen LogP contribution < -0.4 is 4.74 Å². The summed E-state index contributed by atoms with van der Waals surface area (Å²) in [6, 6.07) is 14.6. The standard InChI is InChI=1S/C16H13NO/c1-2-5-12(6-3-1)14-11-17-9-4-7-15-16(17)13(14)8-10-18-15/h1-7,9,11H,8,10H2. The fourth-order valence-corrected chi connectivity index (χ4v) is 2.76. The molecule has 0 aliphatic carbocycles. The third-order valence-electron chi connectivity index (χ3n) is 3.56. The zero-order valence-electron chi connectivity index (χ0n) is 9.97. The van der Waals surface area contributed by atoms with Crippen molar-refractivity contribution in [3.05, 3.63) is 60.4 Å². The highest BCUT2D eigenvalue weighted by Gasteiger charge is 2.19. The number of rotatable bonds is 1. The van der Waals surface area contributed by atoms with Crippen molar-refractivity contribution in [2.45, 2.75) is 6.42 Å². The maximum absolute atomic E-state index is 5.72. The van der Waals surface area contributed by atoms with Gasteiger partial charge in [-0.05, 0) is 23.3 Å². The largest absolute Gasteiger partial charge is 0.491 e. The highest BCUT2D eigenvalue weighted by atomic mass is 16.5. The number of hydrogen-bond acceptors (Lipinski definition) is 1. The van der Waals surface area contributed by atoms with Crippen molar-refractivity contribution in [2.24, 2.45) is 0 Å². The van der Waals surface area contributed by atoms with Crippen LogP contribution in [0.25, 0.3) is 16.6 Å². The summed E-state index contributed by atoms with van der Waals surface area (Å²) in [4.78, 5) is 0. The molecule has 0 radical (unpaired) electrons. The number of aromatic nitrogens is 1. The molecular weight excluding hydrogens is 222 g/mol. The van der Waals surface area contributed by atoms with E-state index in [0.29, 0.717) is 0 Å². The van der Waals surface area contributed by atoms with Crippen LogP contribution in [0, 0.1) is 0 Å². The van der Waals surface area contributed by atoms with Gasteiger partial charge in [-0.2, -0.15) is 0 Å². The second-order valence-corrected chi connectivity index (χ2v) is 4.61. The summed E-state index contributed by atoms with van der Waals surface area (Å²) in [6.45, 7) is 0.774. The van der Waals surface area contributed by atoms with Gasteiger partial charge in [0.2, 0.25) is 0 Å². The third-order valence-corrected chi connectivity index (χ3v) is 3.56. The molecule has 0 amide bonds. The van der Waals surface area contributed by atoms with Gasteiger partial charge in [0.1, 0.15) is 5.75 Å². The Bertz CT molecular complexity index is 713. The van der Waals surface area contributed by atoms with E-state index in [1.807, 2.05) is 12.1 Å². The molecule has 88 valence electrons. The maximum atomic E-state index is 5.72. The molecule has 2 aromatic heterocycles. The fraction of sp³-hybridized carbons (Fsp3) is 0.125.